The van der Waals surface area contributed by atoms with Gasteiger partial charge < -0.3 is 80.5 Å². The van der Waals surface area contributed by atoms with E-state index in [1.165, 1.54) is 13.8 Å². The smallest absolute Gasteiger partial charge is 0.303 e. The predicted molar refractivity (Wildman–Crippen MR) is 383 cm³/mol. The first kappa shape index (κ1) is 79.8. The predicted octanol–water partition coefficient (Wildman–Crippen LogP) is 14.6. The zero-order chi connectivity index (χ0) is 72.9. The highest BCUT2D eigenvalue weighted by molar-refractivity contribution is 5.66. The number of benzene rings is 4. The van der Waals surface area contributed by atoms with Crippen molar-refractivity contribution >= 4 is 11.9 Å². The summed E-state index contributed by atoms with van der Waals surface area (Å²) in [6, 6.07) is 40.3. The molecule has 0 aromatic heterocycles. The molecular formula is C83H120O19. The van der Waals surface area contributed by atoms with Gasteiger partial charge in [-0.15, -0.1) is 0 Å². The van der Waals surface area contributed by atoms with Crippen LogP contribution in [-0.4, -0.2) is 148 Å². The minimum atomic E-state index is -1.11. The van der Waals surface area contributed by atoms with E-state index in [4.69, 9.17) is 80.5 Å². The van der Waals surface area contributed by atoms with E-state index in [1.807, 2.05) is 128 Å². The van der Waals surface area contributed by atoms with Crippen LogP contribution in [0, 0.1) is 65.1 Å². The third-order valence-electron chi connectivity index (χ3n) is 23.5. The van der Waals surface area contributed by atoms with Gasteiger partial charge in [0, 0.05) is 43.4 Å². The van der Waals surface area contributed by atoms with Crippen molar-refractivity contribution in [2.45, 2.75) is 287 Å². The molecule has 6 heterocycles. The van der Waals surface area contributed by atoms with E-state index in [-0.39, 0.29) is 90.7 Å². The van der Waals surface area contributed by atoms with Crippen LogP contribution >= 0.6 is 0 Å². The van der Waals surface area contributed by atoms with Gasteiger partial charge in [0.2, 0.25) is 0 Å². The number of rotatable bonds is 30. The topological polar surface area (TPSA) is 191 Å². The molecule has 0 radical (unpaired) electrons. The van der Waals surface area contributed by atoms with Crippen LogP contribution in [0.25, 0.3) is 0 Å². The molecule has 4 aromatic rings. The van der Waals surface area contributed by atoms with E-state index < -0.39 is 123 Å². The second-order valence-electron chi connectivity index (χ2n) is 30.3. The minimum absolute atomic E-state index is 0.00305. The van der Waals surface area contributed by atoms with E-state index >= 15 is 0 Å². The van der Waals surface area contributed by atoms with Crippen molar-refractivity contribution in [2.75, 3.05) is 13.2 Å². The van der Waals surface area contributed by atoms with Crippen LogP contribution in [0.2, 0.25) is 0 Å². The van der Waals surface area contributed by atoms with Gasteiger partial charge in [0.25, 0.3) is 0 Å². The summed E-state index contributed by atoms with van der Waals surface area (Å²) < 4.78 is 119. The Morgan fingerprint density at radius 2 is 0.686 bits per heavy atom. The molecule has 6 fully saturated rings. The molecule has 19 nitrogen and oxygen atoms in total. The van der Waals surface area contributed by atoms with Crippen molar-refractivity contribution in [2.24, 2.45) is 65.1 Å². The highest BCUT2D eigenvalue weighted by Crippen LogP contribution is 2.46. The summed E-state index contributed by atoms with van der Waals surface area (Å²) in [4.78, 5) is 25.9. The SMILES string of the molecule is CCC1O[C@@H](O[C@@H]2C(OCc3ccccc3)[C@H](O[C@@H]3C(COCc4ccccc4)O[C@@H](OCc4ccccc4)C(C)[C@H]3C)OC(C(C)O[C@H]3OC(CC)[C@@H](C)[C@H](C)C3O[C@@H]3OC(CC)[C@@H](O[C@@H]4OC(COCc5ccccc5)[C@H](C)[C@H](C)C4OC(C)=O)[C@H](C)C3C)[C@H]2C)[C@@H](OC(C)=O)C(C)[C@H]1C. The molecule has 13 unspecified atom stereocenters. The third kappa shape index (κ3) is 19.7. The second-order valence-corrected chi connectivity index (χ2v) is 30.3. The Kier molecular flexibility index (Phi) is 29.4. The van der Waals surface area contributed by atoms with Gasteiger partial charge >= 0.3 is 11.9 Å². The lowest BCUT2D eigenvalue weighted by molar-refractivity contribution is -0.386. The molecule has 31 atom stereocenters. The largest absolute Gasteiger partial charge is 0.457 e. The average molecular weight is 1420 g/mol. The van der Waals surface area contributed by atoms with Gasteiger partial charge in [-0.05, 0) is 83.9 Å². The van der Waals surface area contributed by atoms with Crippen LogP contribution in [-0.2, 0) is 117 Å². The number of hydrogen-bond acceptors (Lipinski definition) is 19. The first-order valence-corrected chi connectivity index (χ1v) is 38.2. The molecule has 0 saturated carbocycles. The second kappa shape index (κ2) is 37.7. The molecule has 0 bridgehead atoms. The molecule has 0 N–H and O–H groups in total. The van der Waals surface area contributed by atoms with Gasteiger partial charge in [-0.2, -0.15) is 0 Å². The van der Waals surface area contributed by atoms with Crippen LogP contribution < -0.4 is 0 Å². The lowest BCUT2D eigenvalue weighted by Crippen LogP contribution is -2.64. The van der Waals surface area contributed by atoms with E-state index in [0.29, 0.717) is 39.3 Å². The summed E-state index contributed by atoms with van der Waals surface area (Å²) in [5.74, 6) is -2.13. The fourth-order valence-corrected chi connectivity index (χ4v) is 16.1. The van der Waals surface area contributed by atoms with Crippen LogP contribution in [0.1, 0.15) is 159 Å². The van der Waals surface area contributed by atoms with Crippen LogP contribution in [0.4, 0.5) is 0 Å². The molecule has 102 heavy (non-hydrogen) atoms. The molecular weight excluding hydrogens is 1300 g/mol. The molecule has 566 valence electrons. The highest BCUT2D eigenvalue weighted by atomic mass is 16.8. The van der Waals surface area contributed by atoms with Crippen molar-refractivity contribution in [3.8, 4) is 0 Å². The first-order valence-electron chi connectivity index (χ1n) is 38.2. The zero-order valence-corrected chi connectivity index (χ0v) is 63.6. The maximum atomic E-state index is 13.1. The normalized spacial score (nSPS) is 39.1. The van der Waals surface area contributed by atoms with Crippen molar-refractivity contribution in [1.29, 1.82) is 0 Å². The molecule has 6 saturated heterocycles. The number of esters is 2. The Bertz CT molecular complexity index is 3110. The van der Waals surface area contributed by atoms with Crippen LogP contribution in [0.5, 0.6) is 0 Å². The Morgan fingerprint density at radius 3 is 1.17 bits per heavy atom. The average Bonchev–Trinajstić information content (AvgIpc) is 0.768. The minimum Gasteiger partial charge on any atom is -0.457 e. The van der Waals surface area contributed by atoms with E-state index in [1.54, 1.807) is 0 Å². The number of hydrogen-bond donors (Lipinski definition) is 0. The fraction of sp³-hybridized carbons (Fsp3) is 0.687. The number of ether oxygens (including phenoxy) is 17. The molecule has 19 heteroatoms. The summed E-state index contributed by atoms with van der Waals surface area (Å²) >= 11 is 0. The standard InChI is InChI=1S/C83H120O19/c1-18-65-48(5)51(8)76(102-79-56(13)54(11)71(67(20-3)95-79)99-82-75(92-60(17)85)52(9)49(6)68(96-82)45-86-41-61-33-25-21-26-34-61)80(93-65)90-58(15)70-57(14)73(101-81-74(91-59(16)84)50(7)47(4)66(19-2)94-81)77(88-43-63-37-29-23-30-38-63)83(98-70)100-72-53(10)55(12)78(89-44-64-39-31-24-32-40-64)97-69(72)46-87-42-62-35-27-22-28-36-62/h21-40,47-58,65-83H,18-20,41-46H2,1-17H3/t47-,48+,49-,50?,51+,52+,53-,54-,55?,56?,57-,58?,65?,66?,67?,68?,69?,70?,71+,72+,73+,74+,75?,76?,77?,78-,79+,80+,81+,82+,83+/m1/s1. The summed E-state index contributed by atoms with van der Waals surface area (Å²) in [7, 11) is 0. The van der Waals surface area contributed by atoms with E-state index in [2.05, 4.69) is 96.9 Å². The van der Waals surface area contributed by atoms with Crippen molar-refractivity contribution in [3.05, 3.63) is 144 Å². The van der Waals surface area contributed by atoms with Crippen molar-refractivity contribution in [3.63, 3.8) is 0 Å². The van der Waals surface area contributed by atoms with Gasteiger partial charge in [0.05, 0.1) is 94.6 Å². The van der Waals surface area contributed by atoms with Gasteiger partial charge in [-0.25, -0.2) is 0 Å². The summed E-state index contributed by atoms with van der Waals surface area (Å²) in [5, 5.41) is 0. The molecule has 0 spiro atoms. The summed E-state index contributed by atoms with van der Waals surface area (Å²) in [6.07, 6.45) is -11.1. The molecule has 0 aliphatic carbocycles. The van der Waals surface area contributed by atoms with Gasteiger partial charge in [0.1, 0.15) is 18.3 Å². The quantitative estimate of drug-likeness (QED) is 0.0447. The maximum Gasteiger partial charge on any atom is 0.303 e. The first-order chi connectivity index (χ1) is 49.1. The number of carbonyl (C=O) groups excluding carboxylic acids is 2. The fourth-order valence-electron chi connectivity index (χ4n) is 16.1. The van der Waals surface area contributed by atoms with E-state index in [9.17, 15) is 9.59 Å². The Balaban J connectivity index is 0.950. The number of carbonyl (C=O) groups is 2. The summed E-state index contributed by atoms with van der Waals surface area (Å²) in [5.41, 5.74) is 4.06. The van der Waals surface area contributed by atoms with Crippen LogP contribution in [0.15, 0.2) is 121 Å². The molecule has 0 amide bonds. The Labute approximate surface area is 607 Å². The van der Waals surface area contributed by atoms with Crippen molar-refractivity contribution in [1.82, 2.24) is 0 Å². The Hall–Kier alpha value is -4.78. The Morgan fingerprint density at radius 1 is 0.333 bits per heavy atom. The maximum absolute atomic E-state index is 13.1. The zero-order valence-electron chi connectivity index (χ0n) is 63.6. The lowest BCUT2D eigenvalue weighted by atomic mass is 9.81. The van der Waals surface area contributed by atoms with Crippen molar-refractivity contribution < 1.29 is 90.1 Å². The monoisotopic (exact) mass is 1420 g/mol. The molecule has 6 aliphatic rings. The molecule has 4 aromatic carbocycles. The van der Waals surface area contributed by atoms with Gasteiger partial charge in [0.15, 0.2) is 49.9 Å². The van der Waals surface area contributed by atoms with Crippen LogP contribution in [0.3, 0.4) is 0 Å². The third-order valence-corrected chi connectivity index (χ3v) is 23.5. The molecule has 6 aliphatic heterocycles. The van der Waals surface area contributed by atoms with Gasteiger partial charge in [-0.1, -0.05) is 218 Å². The van der Waals surface area contributed by atoms with E-state index in [0.717, 1.165) is 28.7 Å². The summed E-state index contributed by atoms with van der Waals surface area (Å²) in [6.45, 7) is 36.6. The van der Waals surface area contributed by atoms with Gasteiger partial charge in [-0.3, -0.25) is 9.59 Å². The lowest BCUT2D eigenvalue weighted by Gasteiger charge is -2.53. The highest BCUT2D eigenvalue weighted by Gasteiger charge is 2.57. The molecule has 10 rings (SSSR count).